The molecule has 0 saturated carbocycles. The normalized spacial score (nSPS) is 17.3. The summed E-state index contributed by atoms with van der Waals surface area (Å²) in [4.78, 5) is 5.09. The highest BCUT2D eigenvalue weighted by Gasteiger charge is 2.25. The highest BCUT2D eigenvalue weighted by Crippen LogP contribution is 2.41. The average Bonchev–Trinajstić information content (AvgIpc) is 3.06. The summed E-state index contributed by atoms with van der Waals surface area (Å²) in [5.74, 6) is 0.423. The van der Waals surface area contributed by atoms with Crippen molar-refractivity contribution in [1.29, 1.82) is 0 Å². The minimum absolute atomic E-state index is 0.0686. The largest absolute Gasteiger partial charge is 0.398 e. The van der Waals surface area contributed by atoms with Gasteiger partial charge in [0.1, 0.15) is 0 Å². The van der Waals surface area contributed by atoms with Crippen LogP contribution in [0.15, 0.2) is 145 Å². The summed E-state index contributed by atoms with van der Waals surface area (Å²) >= 11 is 0. The lowest BCUT2D eigenvalue weighted by atomic mass is 9.85. The number of nitrogens with zero attached hydrogens (tertiary/aromatic N) is 1. The molecule has 7 rings (SSSR count). The van der Waals surface area contributed by atoms with Gasteiger partial charge in [-0.3, -0.25) is 0 Å². The standard InChI is InChI=1S/C39H34N4/c1-26-12-8-9-17-31(26)33-24-32(27-13-4-2-5-14-27)37(25-34(33)40)41-30-22-20-29(21-23-30)39-38(28-15-6-3-7-16-28)42-35-18-10-11-19-36(35)43-39/h2-11,13-26,39,41,43H,12,40H2,1H3. The number of nitrogens with one attached hydrogen (secondary N) is 2. The van der Waals surface area contributed by atoms with E-state index in [4.69, 9.17) is 10.7 Å². The Bertz CT molecular complexity index is 1850. The molecular weight excluding hydrogens is 524 g/mol. The number of rotatable bonds is 6. The number of anilines is 4. The number of allylic oxidation sites excluding steroid dienone is 4. The van der Waals surface area contributed by atoms with Gasteiger partial charge in [-0.25, -0.2) is 4.99 Å². The zero-order valence-corrected chi connectivity index (χ0v) is 24.2. The zero-order chi connectivity index (χ0) is 29.2. The topological polar surface area (TPSA) is 62.4 Å². The Kier molecular flexibility index (Phi) is 7.10. The number of aliphatic imine (C=N–C) groups is 1. The number of hydrogen-bond donors (Lipinski definition) is 3. The van der Waals surface area contributed by atoms with Crippen LogP contribution in [0.3, 0.4) is 0 Å². The van der Waals surface area contributed by atoms with Gasteiger partial charge in [0.05, 0.1) is 23.1 Å². The van der Waals surface area contributed by atoms with Crippen molar-refractivity contribution in [2.75, 3.05) is 16.4 Å². The Balaban J connectivity index is 1.23. The van der Waals surface area contributed by atoms with Crippen LogP contribution in [0.1, 0.15) is 36.1 Å². The van der Waals surface area contributed by atoms with Crippen molar-refractivity contribution in [3.05, 3.63) is 156 Å². The predicted molar refractivity (Wildman–Crippen MR) is 182 cm³/mol. The van der Waals surface area contributed by atoms with Gasteiger partial charge in [-0.1, -0.05) is 110 Å². The van der Waals surface area contributed by atoms with Gasteiger partial charge in [-0.15, -0.1) is 0 Å². The van der Waals surface area contributed by atoms with Crippen molar-refractivity contribution >= 4 is 39.7 Å². The number of fused-ring (bicyclic) bond motifs is 1. The van der Waals surface area contributed by atoms with Crippen LogP contribution in [-0.4, -0.2) is 5.71 Å². The molecule has 210 valence electrons. The molecule has 1 aliphatic carbocycles. The maximum atomic E-state index is 6.72. The molecule has 5 aromatic carbocycles. The lowest BCUT2D eigenvalue weighted by Crippen LogP contribution is -2.24. The zero-order valence-electron chi connectivity index (χ0n) is 24.2. The maximum Gasteiger partial charge on any atom is 0.0947 e. The van der Waals surface area contributed by atoms with Crippen LogP contribution in [0.4, 0.5) is 28.4 Å². The molecule has 4 heteroatoms. The molecule has 4 nitrogen and oxygen atoms in total. The second-order valence-corrected chi connectivity index (χ2v) is 11.2. The van der Waals surface area contributed by atoms with Crippen LogP contribution in [-0.2, 0) is 0 Å². The van der Waals surface area contributed by atoms with Gasteiger partial charge in [-0.2, -0.15) is 0 Å². The first-order chi connectivity index (χ1) is 21.1. The Labute approximate surface area is 253 Å². The fourth-order valence-corrected chi connectivity index (χ4v) is 6.03. The Morgan fingerprint density at radius 3 is 2.21 bits per heavy atom. The summed E-state index contributed by atoms with van der Waals surface area (Å²) in [6.45, 7) is 2.26. The van der Waals surface area contributed by atoms with E-state index in [0.717, 1.165) is 68.4 Å². The molecule has 0 saturated heterocycles. The van der Waals surface area contributed by atoms with Crippen LogP contribution in [0, 0.1) is 5.92 Å². The van der Waals surface area contributed by atoms with Gasteiger partial charge in [0.25, 0.3) is 0 Å². The Hall–Kier alpha value is -5.35. The summed E-state index contributed by atoms with van der Waals surface area (Å²) in [6, 6.07) is 42.0. The van der Waals surface area contributed by atoms with Gasteiger partial charge < -0.3 is 16.4 Å². The van der Waals surface area contributed by atoms with Crippen LogP contribution < -0.4 is 16.4 Å². The van der Waals surface area contributed by atoms with E-state index in [-0.39, 0.29) is 6.04 Å². The second kappa shape index (κ2) is 11.5. The molecule has 0 radical (unpaired) electrons. The first-order valence-corrected chi connectivity index (χ1v) is 14.9. The number of nitrogens with two attached hydrogens (primary N) is 1. The smallest absolute Gasteiger partial charge is 0.0947 e. The van der Waals surface area contributed by atoms with Crippen LogP contribution in [0.5, 0.6) is 0 Å². The first kappa shape index (κ1) is 26.5. The van der Waals surface area contributed by atoms with Crippen molar-refractivity contribution in [1.82, 2.24) is 0 Å². The molecule has 0 fully saturated rings. The summed E-state index contributed by atoms with van der Waals surface area (Å²) < 4.78 is 0. The molecule has 2 unspecified atom stereocenters. The molecule has 2 atom stereocenters. The molecule has 0 aromatic heterocycles. The number of nitrogen functional groups attached to an aromatic ring is 1. The SMILES string of the molecule is CC1CC=CC=C1c1cc(-c2ccccc2)c(Nc2ccc(C3Nc4ccccc4N=C3c3ccccc3)cc2)cc1N. The van der Waals surface area contributed by atoms with E-state index in [2.05, 4.69) is 139 Å². The molecule has 0 amide bonds. The number of hydrogen-bond acceptors (Lipinski definition) is 4. The van der Waals surface area contributed by atoms with E-state index in [1.54, 1.807) is 0 Å². The maximum absolute atomic E-state index is 6.72. The van der Waals surface area contributed by atoms with Crippen molar-refractivity contribution in [2.24, 2.45) is 10.9 Å². The third-order valence-electron chi connectivity index (χ3n) is 8.33. The number of benzene rings is 5. The molecule has 2 aliphatic rings. The average molecular weight is 559 g/mol. The van der Waals surface area contributed by atoms with Crippen molar-refractivity contribution < 1.29 is 0 Å². The monoisotopic (exact) mass is 558 g/mol. The third-order valence-corrected chi connectivity index (χ3v) is 8.33. The van der Waals surface area contributed by atoms with E-state index >= 15 is 0 Å². The minimum atomic E-state index is -0.0686. The lowest BCUT2D eigenvalue weighted by Gasteiger charge is -2.28. The Morgan fingerprint density at radius 1 is 0.767 bits per heavy atom. The van der Waals surface area contributed by atoms with E-state index in [9.17, 15) is 0 Å². The highest BCUT2D eigenvalue weighted by molar-refractivity contribution is 6.10. The minimum Gasteiger partial charge on any atom is -0.398 e. The fraction of sp³-hybridized carbons (Fsp3) is 0.103. The molecule has 0 bridgehead atoms. The second-order valence-electron chi connectivity index (χ2n) is 11.2. The van der Waals surface area contributed by atoms with E-state index in [1.807, 2.05) is 18.2 Å². The highest BCUT2D eigenvalue weighted by atomic mass is 15.0. The van der Waals surface area contributed by atoms with Gasteiger partial charge >= 0.3 is 0 Å². The molecule has 4 N–H and O–H groups in total. The van der Waals surface area contributed by atoms with Crippen LogP contribution >= 0.6 is 0 Å². The molecule has 43 heavy (non-hydrogen) atoms. The van der Waals surface area contributed by atoms with Crippen molar-refractivity contribution in [2.45, 2.75) is 19.4 Å². The molecular formula is C39H34N4. The van der Waals surface area contributed by atoms with E-state index in [0.29, 0.717) is 5.92 Å². The summed E-state index contributed by atoms with van der Waals surface area (Å²) in [5.41, 5.74) is 19.4. The third kappa shape index (κ3) is 5.35. The molecule has 0 spiro atoms. The lowest BCUT2D eigenvalue weighted by molar-refractivity contribution is 0.759. The van der Waals surface area contributed by atoms with Crippen LogP contribution in [0.25, 0.3) is 16.7 Å². The quantitative estimate of drug-likeness (QED) is 0.182. The summed E-state index contributed by atoms with van der Waals surface area (Å²) in [7, 11) is 0. The summed E-state index contributed by atoms with van der Waals surface area (Å²) in [6.07, 6.45) is 7.58. The van der Waals surface area contributed by atoms with Crippen LogP contribution in [0.2, 0.25) is 0 Å². The first-order valence-electron chi connectivity index (χ1n) is 14.9. The Morgan fingerprint density at radius 2 is 1.47 bits per heavy atom. The summed E-state index contributed by atoms with van der Waals surface area (Å²) in [5, 5.41) is 7.41. The molecule has 1 heterocycles. The van der Waals surface area contributed by atoms with Crippen molar-refractivity contribution in [3.63, 3.8) is 0 Å². The van der Waals surface area contributed by atoms with Gasteiger partial charge in [-0.05, 0) is 71.0 Å². The fourth-order valence-electron chi connectivity index (χ4n) is 6.03. The molecule has 5 aromatic rings. The molecule has 1 aliphatic heterocycles. The number of para-hydroxylation sites is 2. The van der Waals surface area contributed by atoms with Gasteiger partial charge in [0, 0.05) is 28.2 Å². The van der Waals surface area contributed by atoms with Gasteiger partial charge in [0.2, 0.25) is 0 Å². The van der Waals surface area contributed by atoms with E-state index in [1.165, 1.54) is 5.57 Å². The van der Waals surface area contributed by atoms with E-state index < -0.39 is 0 Å². The predicted octanol–water partition coefficient (Wildman–Crippen LogP) is 9.95. The van der Waals surface area contributed by atoms with Gasteiger partial charge in [0.15, 0.2) is 0 Å². The van der Waals surface area contributed by atoms with Crippen molar-refractivity contribution in [3.8, 4) is 11.1 Å².